The first-order chi connectivity index (χ1) is 10.8. The van der Waals surface area contributed by atoms with Gasteiger partial charge in [-0.15, -0.1) is 6.42 Å². The number of carbonyl (C=O) groups excluding carboxylic acids is 1. The molecule has 0 saturated heterocycles. The van der Waals surface area contributed by atoms with E-state index in [1.807, 2.05) is 0 Å². The lowest BCUT2D eigenvalue weighted by Gasteiger charge is -2.07. The highest BCUT2D eigenvalue weighted by atomic mass is 16.6. The molecule has 0 aromatic heterocycles. The van der Waals surface area contributed by atoms with Gasteiger partial charge in [0.2, 0.25) is 0 Å². The molecule has 0 aromatic rings. The Labute approximate surface area is 132 Å². The van der Waals surface area contributed by atoms with Crippen molar-refractivity contribution in [1.82, 2.24) is 0 Å². The second-order valence-corrected chi connectivity index (χ2v) is 3.95. The Morgan fingerprint density at radius 1 is 0.818 bits per heavy atom. The maximum absolute atomic E-state index is 10.9. The van der Waals surface area contributed by atoms with Gasteiger partial charge in [-0.2, -0.15) is 0 Å². The van der Waals surface area contributed by atoms with E-state index in [-0.39, 0.29) is 12.6 Å². The van der Waals surface area contributed by atoms with Gasteiger partial charge in [-0.3, -0.25) is 0 Å². The van der Waals surface area contributed by atoms with Gasteiger partial charge in [-0.25, -0.2) is 4.79 Å². The van der Waals surface area contributed by atoms with Gasteiger partial charge in [0, 0.05) is 0 Å². The summed E-state index contributed by atoms with van der Waals surface area (Å²) in [6, 6.07) is 0. The summed E-state index contributed by atoms with van der Waals surface area (Å²) in [7, 11) is 0. The maximum atomic E-state index is 10.9. The Balaban J connectivity index is 3.03. The van der Waals surface area contributed by atoms with Crippen LogP contribution in [0.15, 0.2) is 0 Å². The fourth-order valence-corrected chi connectivity index (χ4v) is 1.27. The summed E-state index contributed by atoms with van der Waals surface area (Å²) in [5.74, 6) is 2.01. The van der Waals surface area contributed by atoms with E-state index in [1.165, 1.54) is 0 Å². The molecule has 0 aromatic carbocycles. The molecule has 0 aliphatic rings. The van der Waals surface area contributed by atoms with Crippen LogP contribution in [0.3, 0.4) is 0 Å². The molecule has 0 atom stereocenters. The summed E-state index contributed by atoms with van der Waals surface area (Å²) in [4.78, 5) is 10.9. The Bertz CT molecular complexity index is 288. The maximum Gasteiger partial charge on any atom is 0.332 e. The summed E-state index contributed by atoms with van der Waals surface area (Å²) in [6.45, 7) is 6.06. The lowest BCUT2D eigenvalue weighted by Crippen LogP contribution is -2.16. The third-order valence-corrected chi connectivity index (χ3v) is 2.20. The SMILES string of the molecule is C#CCOCCOCCOCCOCCOCC(=O)OCC. The number of terminal acetylenes is 1. The Hall–Kier alpha value is -1.17. The van der Waals surface area contributed by atoms with E-state index in [9.17, 15) is 4.79 Å². The fourth-order valence-electron chi connectivity index (χ4n) is 1.27. The van der Waals surface area contributed by atoms with Gasteiger partial charge in [0.05, 0.1) is 59.5 Å². The van der Waals surface area contributed by atoms with E-state index in [4.69, 9.17) is 34.8 Å². The summed E-state index contributed by atoms with van der Waals surface area (Å²) in [5.41, 5.74) is 0. The molecule has 128 valence electrons. The van der Waals surface area contributed by atoms with E-state index < -0.39 is 0 Å². The number of hydrogen-bond donors (Lipinski definition) is 0. The largest absolute Gasteiger partial charge is 0.464 e. The van der Waals surface area contributed by atoms with Crippen molar-refractivity contribution in [2.45, 2.75) is 6.92 Å². The van der Waals surface area contributed by atoms with Crippen LogP contribution in [0.1, 0.15) is 6.92 Å². The van der Waals surface area contributed by atoms with Crippen molar-refractivity contribution in [2.75, 3.05) is 72.7 Å². The van der Waals surface area contributed by atoms with Gasteiger partial charge < -0.3 is 28.4 Å². The molecule has 0 N–H and O–H groups in total. The zero-order valence-electron chi connectivity index (χ0n) is 13.2. The van der Waals surface area contributed by atoms with Crippen LogP contribution < -0.4 is 0 Å². The van der Waals surface area contributed by atoms with Gasteiger partial charge in [-0.1, -0.05) is 5.92 Å². The molecule has 0 radical (unpaired) electrons. The first kappa shape index (κ1) is 20.8. The Morgan fingerprint density at radius 3 is 1.73 bits per heavy atom. The standard InChI is InChI=1S/C15H26O7/c1-3-5-17-6-7-18-8-9-19-10-11-20-12-13-21-14-15(16)22-4-2/h1H,4-14H2,2H3. The zero-order valence-corrected chi connectivity index (χ0v) is 13.2. The number of ether oxygens (including phenoxy) is 6. The third-order valence-electron chi connectivity index (χ3n) is 2.20. The number of hydrogen-bond acceptors (Lipinski definition) is 7. The average Bonchev–Trinajstić information content (AvgIpc) is 2.51. The van der Waals surface area contributed by atoms with Crippen LogP contribution in [0.5, 0.6) is 0 Å². The van der Waals surface area contributed by atoms with E-state index in [0.29, 0.717) is 66.1 Å². The van der Waals surface area contributed by atoms with Gasteiger partial charge in [0.1, 0.15) is 13.2 Å². The molecule has 0 aliphatic carbocycles. The minimum Gasteiger partial charge on any atom is -0.464 e. The number of carbonyl (C=O) groups is 1. The van der Waals surface area contributed by atoms with Crippen LogP contribution in [0.25, 0.3) is 0 Å². The van der Waals surface area contributed by atoms with E-state index in [1.54, 1.807) is 6.92 Å². The van der Waals surface area contributed by atoms with Crippen LogP contribution in [0.2, 0.25) is 0 Å². The summed E-state index contributed by atoms with van der Waals surface area (Å²) in [5, 5.41) is 0. The smallest absolute Gasteiger partial charge is 0.332 e. The van der Waals surface area contributed by atoms with Crippen molar-refractivity contribution in [3.8, 4) is 12.3 Å². The minimum atomic E-state index is -0.365. The molecule has 0 heterocycles. The van der Waals surface area contributed by atoms with Crippen LogP contribution in [-0.2, 0) is 33.2 Å². The van der Waals surface area contributed by atoms with Crippen LogP contribution in [-0.4, -0.2) is 78.6 Å². The van der Waals surface area contributed by atoms with E-state index in [0.717, 1.165) is 0 Å². The van der Waals surface area contributed by atoms with Crippen molar-refractivity contribution >= 4 is 5.97 Å². The zero-order chi connectivity index (χ0) is 16.3. The molecule has 0 spiro atoms. The fraction of sp³-hybridized carbons (Fsp3) is 0.800. The lowest BCUT2D eigenvalue weighted by molar-refractivity contribution is -0.149. The Morgan fingerprint density at radius 2 is 1.27 bits per heavy atom. The molecule has 7 nitrogen and oxygen atoms in total. The lowest BCUT2D eigenvalue weighted by atomic mass is 10.6. The molecule has 22 heavy (non-hydrogen) atoms. The van der Waals surface area contributed by atoms with Crippen molar-refractivity contribution in [3.63, 3.8) is 0 Å². The topological polar surface area (TPSA) is 72.5 Å². The predicted molar refractivity (Wildman–Crippen MR) is 79.6 cm³/mol. The number of rotatable bonds is 16. The molecule has 0 rings (SSSR count). The van der Waals surface area contributed by atoms with E-state index >= 15 is 0 Å². The highest BCUT2D eigenvalue weighted by Crippen LogP contribution is 1.85. The van der Waals surface area contributed by atoms with Gasteiger partial charge in [-0.05, 0) is 6.92 Å². The molecule has 0 bridgehead atoms. The first-order valence-corrected chi connectivity index (χ1v) is 7.29. The minimum absolute atomic E-state index is 0.0455. The number of esters is 1. The van der Waals surface area contributed by atoms with Gasteiger partial charge in [0.25, 0.3) is 0 Å². The molecule has 0 aliphatic heterocycles. The second-order valence-electron chi connectivity index (χ2n) is 3.95. The summed E-state index contributed by atoms with van der Waals surface area (Å²) >= 11 is 0. The Kier molecular flexibility index (Phi) is 16.9. The quantitative estimate of drug-likeness (QED) is 0.230. The molecular weight excluding hydrogens is 292 g/mol. The van der Waals surface area contributed by atoms with Crippen LogP contribution in [0, 0.1) is 12.3 Å². The van der Waals surface area contributed by atoms with Crippen LogP contribution >= 0.6 is 0 Å². The van der Waals surface area contributed by atoms with E-state index in [2.05, 4.69) is 5.92 Å². The van der Waals surface area contributed by atoms with Crippen molar-refractivity contribution in [1.29, 1.82) is 0 Å². The van der Waals surface area contributed by atoms with Crippen molar-refractivity contribution < 1.29 is 33.2 Å². The third kappa shape index (κ3) is 16.9. The predicted octanol–water partition coefficient (Wildman–Crippen LogP) is 0.266. The summed E-state index contributed by atoms with van der Waals surface area (Å²) in [6.07, 6.45) is 5.03. The molecule has 0 unspecified atom stereocenters. The first-order valence-electron chi connectivity index (χ1n) is 7.29. The second kappa shape index (κ2) is 17.9. The molecule has 0 amide bonds. The summed E-state index contributed by atoms with van der Waals surface area (Å²) < 4.78 is 30.6. The monoisotopic (exact) mass is 318 g/mol. The van der Waals surface area contributed by atoms with Crippen molar-refractivity contribution in [3.05, 3.63) is 0 Å². The van der Waals surface area contributed by atoms with Crippen LogP contribution in [0.4, 0.5) is 0 Å². The molecule has 0 fully saturated rings. The highest BCUT2D eigenvalue weighted by Gasteiger charge is 2.00. The molecule has 0 saturated carbocycles. The molecular formula is C15H26O7. The van der Waals surface area contributed by atoms with Gasteiger partial charge in [0.15, 0.2) is 0 Å². The van der Waals surface area contributed by atoms with Gasteiger partial charge >= 0.3 is 5.97 Å². The van der Waals surface area contributed by atoms with Crippen molar-refractivity contribution in [2.24, 2.45) is 0 Å². The molecule has 7 heteroatoms. The average molecular weight is 318 g/mol. The normalized spacial score (nSPS) is 10.4. The highest BCUT2D eigenvalue weighted by molar-refractivity contribution is 5.70.